The number of ether oxygens (including phenoxy) is 3. The first kappa shape index (κ1) is 23.0. The molecule has 2 aromatic rings. The molecule has 29 heavy (non-hydrogen) atoms. The van der Waals surface area contributed by atoms with Gasteiger partial charge in [-0.2, -0.15) is 13.9 Å². The number of nitrogens with one attached hydrogen (secondary N) is 2. The minimum atomic E-state index is -2.94. The average molecular weight is 523 g/mol. The van der Waals surface area contributed by atoms with Crippen LogP contribution in [0.15, 0.2) is 29.5 Å². The Labute approximate surface area is 184 Å². The molecule has 2 heterocycles. The SMILES string of the molecule is CCNC(=NCc1cc2c(cc1OC(F)F)OCO2)NCCn1cc(C)cn1.I. The zero-order valence-electron chi connectivity index (χ0n) is 16.2. The monoisotopic (exact) mass is 523 g/mol. The van der Waals surface area contributed by atoms with Gasteiger partial charge in [0.2, 0.25) is 6.79 Å². The highest BCUT2D eigenvalue weighted by Crippen LogP contribution is 2.38. The summed E-state index contributed by atoms with van der Waals surface area (Å²) in [4.78, 5) is 4.46. The fraction of sp³-hybridized carbons (Fsp3) is 0.444. The molecule has 0 saturated carbocycles. The van der Waals surface area contributed by atoms with Gasteiger partial charge in [0.25, 0.3) is 0 Å². The maximum atomic E-state index is 12.7. The van der Waals surface area contributed by atoms with Crippen LogP contribution in [0.2, 0.25) is 0 Å². The summed E-state index contributed by atoms with van der Waals surface area (Å²) in [6, 6.07) is 3.01. The van der Waals surface area contributed by atoms with E-state index in [0.717, 1.165) is 5.56 Å². The molecule has 8 nitrogen and oxygen atoms in total. The molecule has 0 aliphatic carbocycles. The van der Waals surface area contributed by atoms with E-state index in [1.54, 1.807) is 12.3 Å². The Kier molecular flexibility index (Phi) is 8.73. The van der Waals surface area contributed by atoms with Crippen molar-refractivity contribution in [3.05, 3.63) is 35.7 Å². The predicted molar refractivity (Wildman–Crippen MR) is 114 cm³/mol. The predicted octanol–water partition coefficient (Wildman–Crippen LogP) is 2.89. The summed E-state index contributed by atoms with van der Waals surface area (Å²) in [5.74, 6) is 1.44. The van der Waals surface area contributed by atoms with Crippen molar-refractivity contribution in [1.29, 1.82) is 0 Å². The molecule has 0 amide bonds. The van der Waals surface area contributed by atoms with Gasteiger partial charge in [0, 0.05) is 30.9 Å². The average Bonchev–Trinajstić information content (AvgIpc) is 3.27. The van der Waals surface area contributed by atoms with Crippen LogP contribution in [-0.2, 0) is 13.1 Å². The van der Waals surface area contributed by atoms with Gasteiger partial charge in [-0.15, -0.1) is 24.0 Å². The van der Waals surface area contributed by atoms with E-state index in [4.69, 9.17) is 9.47 Å². The van der Waals surface area contributed by atoms with E-state index in [0.29, 0.717) is 42.7 Å². The number of aliphatic imine (C=N–C) groups is 1. The first-order valence-electron chi connectivity index (χ1n) is 8.93. The quantitative estimate of drug-likeness (QED) is 0.315. The number of nitrogens with zero attached hydrogens (tertiary/aromatic N) is 3. The molecule has 1 aliphatic heterocycles. The lowest BCUT2D eigenvalue weighted by atomic mass is 10.1. The summed E-state index contributed by atoms with van der Waals surface area (Å²) in [5, 5.41) is 10.5. The van der Waals surface area contributed by atoms with Crippen molar-refractivity contribution < 1.29 is 23.0 Å². The van der Waals surface area contributed by atoms with Crippen LogP contribution in [0.1, 0.15) is 18.1 Å². The second-order valence-corrected chi connectivity index (χ2v) is 6.09. The molecule has 0 unspecified atom stereocenters. The second kappa shape index (κ2) is 11.0. The van der Waals surface area contributed by atoms with Crippen molar-refractivity contribution in [3.8, 4) is 17.2 Å². The molecule has 0 radical (unpaired) electrons. The van der Waals surface area contributed by atoms with Crippen LogP contribution < -0.4 is 24.8 Å². The topological polar surface area (TPSA) is 81.9 Å². The van der Waals surface area contributed by atoms with Gasteiger partial charge in [-0.1, -0.05) is 0 Å². The number of hydrogen-bond acceptors (Lipinski definition) is 5. The van der Waals surface area contributed by atoms with Gasteiger partial charge in [0.1, 0.15) is 5.75 Å². The van der Waals surface area contributed by atoms with Crippen LogP contribution in [0, 0.1) is 6.92 Å². The molecule has 3 rings (SSSR count). The van der Waals surface area contributed by atoms with Crippen molar-refractivity contribution in [1.82, 2.24) is 20.4 Å². The van der Waals surface area contributed by atoms with Crippen LogP contribution in [0.4, 0.5) is 8.78 Å². The molecular formula is C18H24F2IN5O3. The molecular weight excluding hydrogens is 499 g/mol. The maximum absolute atomic E-state index is 12.7. The minimum Gasteiger partial charge on any atom is -0.454 e. The Balaban J connectivity index is 0.00000300. The van der Waals surface area contributed by atoms with E-state index in [1.165, 1.54) is 6.07 Å². The Bertz CT molecular complexity index is 832. The number of aryl methyl sites for hydroxylation is 1. The summed E-state index contributed by atoms with van der Waals surface area (Å²) in [5.41, 5.74) is 1.57. The fourth-order valence-electron chi connectivity index (χ4n) is 2.68. The molecule has 2 N–H and O–H groups in total. The molecule has 1 aliphatic rings. The second-order valence-electron chi connectivity index (χ2n) is 6.09. The number of aromatic nitrogens is 2. The normalized spacial score (nSPS) is 12.7. The van der Waals surface area contributed by atoms with Crippen molar-refractivity contribution in [2.24, 2.45) is 4.99 Å². The number of alkyl halides is 2. The third kappa shape index (κ3) is 6.61. The number of guanidine groups is 1. The van der Waals surface area contributed by atoms with Gasteiger partial charge in [-0.05, 0) is 25.5 Å². The van der Waals surface area contributed by atoms with Gasteiger partial charge >= 0.3 is 6.61 Å². The van der Waals surface area contributed by atoms with Crippen molar-refractivity contribution in [2.75, 3.05) is 19.9 Å². The van der Waals surface area contributed by atoms with E-state index in [-0.39, 0.29) is 43.1 Å². The lowest BCUT2D eigenvalue weighted by Gasteiger charge is -2.13. The molecule has 0 atom stereocenters. The lowest BCUT2D eigenvalue weighted by molar-refractivity contribution is -0.0505. The Morgan fingerprint density at radius 1 is 1.31 bits per heavy atom. The van der Waals surface area contributed by atoms with Crippen LogP contribution in [0.3, 0.4) is 0 Å². The summed E-state index contributed by atoms with van der Waals surface area (Å²) >= 11 is 0. The van der Waals surface area contributed by atoms with Gasteiger partial charge < -0.3 is 24.8 Å². The molecule has 0 saturated heterocycles. The van der Waals surface area contributed by atoms with Crippen molar-refractivity contribution in [2.45, 2.75) is 33.5 Å². The van der Waals surface area contributed by atoms with Crippen molar-refractivity contribution >= 4 is 29.9 Å². The highest BCUT2D eigenvalue weighted by Gasteiger charge is 2.20. The first-order valence-corrected chi connectivity index (χ1v) is 8.93. The van der Waals surface area contributed by atoms with E-state index in [1.807, 2.05) is 24.7 Å². The minimum absolute atomic E-state index is 0. The number of hydrogen-bond donors (Lipinski definition) is 2. The van der Waals surface area contributed by atoms with Crippen molar-refractivity contribution in [3.63, 3.8) is 0 Å². The van der Waals surface area contributed by atoms with Crippen LogP contribution in [0.5, 0.6) is 17.2 Å². The molecule has 0 spiro atoms. The summed E-state index contributed by atoms with van der Waals surface area (Å²) in [6.45, 7) is 3.10. The van der Waals surface area contributed by atoms with E-state index in [9.17, 15) is 8.78 Å². The smallest absolute Gasteiger partial charge is 0.387 e. The van der Waals surface area contributed by atoms with Gasteiger partial charge in [-0.25, -0.2) is 4.99 Å². The third-order valence-electron chi connectivity index (χ3n) is 3.92. The van der Waals surface area contributed by atoms with Crippen LogP contribution in [-0.4, -0.2) is 42.2 Å². The Morgan fingerprint density at radius 3 is 2.72 bits per heavy atom. The zero-order valence-corrected chi connectivity index (χ0v) is 18.5. The zero-order chi connectivity index (χ0) is 19.9. The van der Waals surface area contributed by atoms with E-state index < -0.39 is 6.61 Å². The maximum Gasteiger partial charge on any atom is 0.387 e. The Hall–Kier alpha value is -2.31. The largest absolute Gasteiger partial charge is 0.454 e. The Morgan fingerprint density at radius 2 is 2.07 bits per heavy atom. The van der Waals surface area contributed by atoms with Gasteiger partial charge in [0.15, 0.2) is 17.5 Å². The molecule has 1 aromatic heterocycles. The number of halogens is 3. The van der Waals surface area contributed by atoms with Gasteiger partial charge in [0.05, 0.1) is 19.3 Å². The number of benzene rings is 1. The first-order chi connectivity index (χ1) is 13.5. The number of fused-ring (bicyclic) bond motifs is 1. The van der Waals surface area contributed by atoms with E-state index in [2.05, 4.69) is 25.5 Å². The molecule has 0 bridgehead atoms. The summed E-state index contributed by atoms with van der Waals surface area (Å²) < 4.78 is 42.5. The molecule has 1 aromatic carbocycles. The van der Waals surface area contributed by atoms with Gasteiger partial charge in [-0.3, -0.25) is 4.68 Å². The van der Waals surface area contributed by atoms with E-state index >= 15 is 0 Å². The molecule has 11 heteroatoms. The lowest BCUT2D eigenvalue weighted by Crippen LogP contribution is -2.38. The standard InChI is InChI=1S/C18H23F2N5O3.HI/c1-3-21-18(22-4-5-25-10-12(2)8-24-25)23-9-13-6-15-16(27-11-26-15)7-14(13)28-17(19)20;/h6-8,10,17H,3-5,9,11H2,1-2H3,(H2,21,22,23);1H. The third-order valence-corrected chi connectivity index (χ3v) is 3.92. The van der Waals surface area contributed by atoms with Crippen LogP contribution >= 0.6 is 24.0 Å². The van der Waals surface area contributed by atoms with Crippen LogP contribution in [0.25, 0.3) is 0 Å². The summed E-state index contributed by atoms with van der Waals surface area (Å²) in [7, 11) is 0. The highest BCUT2D eigenvalue weighted by atomic mass is 127. The number of rotatable bonds is 8. The molecule has 160 valence electrons. The fourth-order valence-corrected chi connectivity index (χ4v) is 2.68. The summed E-state index contributed by atoms with van der Waals surface area (Å²) in [6.07, 6.45) is 3.75. The highest BCUT2D eigenvalue weighted by molar-refractivity contribution is 14.0. The molecule has 0 fully saturated rings.